The number of nitrogens with two attached hydrogens (primary N) is 1. The van der Waals surface area contributed by atoms with Gasteiger partial charge in [0, 0.05) is 5.54 Å². The first-order valence-corrected chi connectivity index (χ1v) is 6.78. The Labute approximate surface area is 105 Å². The second-order valence-corrected chi connectivity index (χ2v) is 6.35. The molecular formula is C16H25N. The molecule has 1 unspecified atom stereocenters. The van der Waals surface area contributed by atoms with Crippen LogP contribution in [0.4, 0.5) is 0 Å². The monoisotopic (exact) mass is 231 g/mol. The van der Waals surface area contributed by atoms with Crippen molar-refractivity contribution in [2.75, 3.05) is 0 Å². The van der Waals surface area contributed by atoms with Crippen molar-refractivity contribution >= 4 is 0 Å². The third-order valence-electron chi connectivity index (χ3n) is 4.79. The summed E-state index contributed by atoms with van der Waals surface area (Å²) < 4.78 is 0. The van der Waals surface area contributed by atoms with Crippen molar-refractivity contribution in [1.82, 2.24) is 0 Å². The van der Waals surface area contributed by atoms with Gasteiger partial charge in [0.1, 0.15) is 0 Å². The predicted octanol–water partition coefficient (Wildman–Crippen LogP) is 3.84. The Morgan fingerprint density at radius 3 is 2.41 bits per heavy atom. The third-order valence-corrected chi connectivity index (χ3v) is 4.79. The smallest absolute Gasteiger partial charge is 0.0247 e. The van der Waals surface area contributed by atoms with Gasteiger partial charge in [-0.15, -0.1) is 0 Å². The van der Waals surface area contributed by atoms with Crippen LogP contribution in [0.25, 0.3) is 0 Å². The van der Waals surface area contributed by atoms with Crippen LogP contribution < -0.4 is 5.73 Å². The molecule has 1 fully saturated rings. The first-order chi connectivity index (χ1) is 7.95. The first kappa shape index (κ1) is 12.6. The van der Waals surface area contributed by atoms with Gasteiger partial charge in [-0.1, -0.05) is 51.0 Å². The van der Waals surface area contributed by atoms with Crippen molar-refractivity contribution in [2.45, 2.75) is 58.4 Å². The van der Waals surface area contributed by atoms with E-state index >= 15 is 0 Å². The summed E-state index contributed by atoms with van der Waals surface area (Å²) in [7, 11) is 0. The van der Waals surface area contributed by atoms with E-state index in [1.807, 2.05) is 0 Å². The average Bonchev–Trinajstić information content (AvgIpc) is 2.26. The maximum atomic E-state index is 6.74. The normalized spacial score (nSPS) is 28.0. The van der Waals surface area contributed by atoms with Gasteiger partial charge in [0.05, 0.1) is 0 Å². The Kier molecular flexibility index (Phi) is 3.31. The Morgan fingerprint density at radius 1 is 1.12 bits per heavy atom. The number of rotatable bonds is 2. The minimum absolute atomic E-state index is 0.0304. The Hall–Kier alpha value is -0.820. The molecule has 1 aromatic rings. The van der Waals surface area contributed by atoms with Crippen LogP contribution in [-0.2, 0) is 6.42 Å². The summed E-state index contributed by atoms with van der Waals surface area (Å²) >= 11 is 0. The number of aryl methyl sites for hydroxylation is 1. The van der Waals surface area contributed by atoms with Crippen LogP contribution in [-0.4, -0.2) is 5.54 Å². The highest BCUT2D eigenvalue weighted by atomic mass is 14.8. The molecule has 1 heteroatoms. The zero-order chi connectivity index (χ0) is 12.5. The molecule has 17 heavy (non-hydrogen) atoms. The highest BCUT2D eigenvalue weighted by Crippen LogP contribution is 2.44. The van der Waals surface area contributed by atoms with E-state index in [1.165, 1.54) is 30.4 Å². The summed E-state index contributed by atoms with van der Waals surface area (Å²) in [5, 5.41) is 0. The average molecular weight is 231 g/mol. The number of hydrogen-bond donors (Lipinski definition) is 1. The van der Waals surface area contributed by atoms with Crippen LogP contribution in [0.1, 0.15) is 50.7 Å². The van der Waals surface area contributed by atoms with Crippen LogP contribution in [0.2, 0.25) is 0 Å². The quantitative estimate of drug-likeness (QED) is 0.822. The van der Waals surface area contributed by atoms with Crippen LogP contribution in [0.15, 0.2) is 24.3 Å². The molecule has 0 aliphatic heterocycles. The van der Waals surface area contributed by atoms with Crippen LogP contribution in [0.3, 0.4) is 0 Å². The summed E-state index contributed by atoms with van der Waals surface area (Å²) in [6.07, 6.45) is 6.06. The standard InChI is InChI=1S/C16H25N/c1-13-8-4-5-9-14(13)12-16(17)11-7-6-10-15(16,2)3/h4-5,8-9H,6-7,10-12,17H2,1-3H3. The van der Waals surface area contributed by atoms with Crippen molar-refractivity contribution in [1.29, 1.82) is 0 Å². The van der Waals surface area contributed by atoms with E-state index in [1.54, 1.807) is 0 Å². The lowest BCUT2D eigenvalue weighted by atomic mass is 9.61. The lowest BCUT2D eigenvalue weighted by molar-refractivity contribution is 0.0989. The van der Waals surface area contributed by atoms with Crippen molar-refractivity contribution in [3.63, 3.8) is 0 Å². The summed E-state index contributed by atoms with van der Waals surface area (Å²) in [5.41, 5.74) is 9.76. The molecule has 2 N–H and O–H groups in total. The van der Waals surface area contributed by atoms with Crippen molar-refractivity contribution in [2.24, 2.45) is 11.1 Å². The fraction of sp³-hybridized carbons (Fsp3) is 0.625. The first-order valence-electron chi connectivity index (χ1n) is 6.78. The second kappa shape index (κ2) is 4.45. The molecule has 0 radical (unpaired) electrons. The molecule has 0 spiro atoms. The van der Waals surface area contributed by atoms with Gasteiger partial charge in [0.25, 0.3) is 0 Å². The molecule has 1 saturated carbocycles. The summed E-state index contributed by atoms with van der Waals surface area (Å²) in [6.45, 7) is 6.86. The molecule has 1 atom stereocenters. The topological polar surface area (TPSA) is 26.0 Å². The van der Waals surface area contributed by atoms with E-state index in [4.69, 9.17) is 5.73 Å². The van der Waals surface area contributed by atoms with Gasteiger partial charge < -0.3 is 5.73 Å². The Bertz CT molecular complexity index is 394. The molecule has 1 aromatic carbocycles. The molecule has 0 bridgehead atoms. The van der Waals surface area contributed by atoms with Gasteiger partial charge in [0.2, 0.25) is 0 Å². The molecule has 0 amide bonds. The predicted molar refractivity (Wildman–Crippen MR) is 74.1 cm³/mol. The maximum Gasteiger partial charge on any atom is 0.0247 e. The molecule has 2 rings (SSSR count). The Morgan fingerprint density at radius 2 is 1.76 bits per heavy atom. The number of benzene rings is 1. The van der Waals surface area contributed by atoms with Crippen LogP contribution in [0, 0.1) is 12.3 Å². The van der Waals surface area contributed by atoms with Gasteiger partial charge in [-0.05, 0) is 42.7 Å². The lowest BCUT2D eigenvalue weighted by Gasteiger charge is -2.48. The summed E-state index contributed by atoms with van der Waals surface area (Å²) in [6, 6.07) is 8.65. The maximum absolute atomic E-state index is 6.74. The lowest BCUT2D eigenvalue weighted by Crippen LogP contribution is -2.56. The Balaban J connectivity index is 2.24. The second-order valence-electron chi connectivity index (χ2n) is 6.35. The highest BCUT2D eigenvalue weighted by molar-refractivity contribution is 5.28. The minimum atomic E-state index is -0.0304. The van der Waals surface area contributed by atoms with E-state index in [9.17, 15) is 0 Å². The van der Waals surface area contributed by atoms with Crippen LogP contribution >= 0.6 is 0 Å². The molecule has 0 heterocycles. The van der Waals surface area contributed by atoms with Crippen molar-refractivity contribution in [3.8, 4) is 0 Å². The van der Waals surface area contributed by atoms with Crippen LogP contribution in [0.5, 0.6) is 0 Å². The van der Waals surface area contributed by atoms with Gasteiger partial charge >= 0.3 is 0 Å². The van der Waals surface area contributed by atoms with E-state index in [0.29, 0.717) is 0 Å². The van der Waals surface area contributed by atoms with Gasteiger partial charge in [-0.25, -0.2) is 0 Å². The summed E-state index contributed by atoms with van der Waals surface area (Å²) in [5.74, 6) is 0. The zero-order valence-electron chi connectivity index (χ0n) is 11.4. The molecule has 94 valence electrons. The van der Waals surface area contributed by atoms with Crippen molar-refractivity contribution in [3.05, 3.63) is 35.4 Å². The molecule has 1 aliphatic carbocycles. The van der Waals surface area contributed by atoms with Crippen molar-refractivity contribution < 1.29 is 0 Å². The van der Waals surface area contributed by atoms with Gasteiger partial charge in [0.15, 0.2) is 0 Å². The fourth-order valence-corrected chi connectivity index (χ4v) is 3.07. The SMILES string of the molecule is Cc1ccccc1CC1(N)CCCCC1(C)C. The van der Waals surface area contributed by atoms with Gasteiger partial charge in [-0.2, -0.15) is 0 Å². The molecule has 1 nitrogen and oxygen atoms in total. The van der Waals surface area contributed by atoms with E-state index < -0.39 is 0 Å². The molecule has 0 saturated heterocycles. The largest absolute Gasteiger partial charge is 0.324 e. The minimum Gasteiger partial charge on any atom is -0.324 e. The zero-order valence-corrected chi connectivity index (χ0v) is 11.4. The van der Waals surface area contributed by atoms with E-state index in [2.05, 4.69) is 45.0 Å². The molecular weight excluding hydrogens is 206 g/mol. The van der Waals surface area contributed by atoms with E-state index in [0.717, 1.165) is 12.8 Å². The fourth-order valence-electron chi connectivity index (χ4n) is 3.07. The highest BCUT2D eigenvalue weighted by Gasteiger charge is 2.43. The molecule has 0 aromatic heterocycles. The molecule has 1 aliphatic rings. The van der Waals surface area contributed by atoms with E-state index in [-0.39, 0.29) is 11.0 Å². The number of hydrogen-bond acceptors (Lipinski definition) is 1. The van der Waals surface area contributed by atoms with Gasteiger partial charge in [-0.3, -0.25) is 0 Å². The third kappa shape index (κ3) is 2.40. The summed E-state index contributed by atoms with van der Waals surface area (Å²) in [4.78, 5) is 0.